The Hall–Kier alpha value is -4.97. The molecule has 1 unspecified atom stereocenters. The molecule has 0 saturated heterocycles. The summed E-state index contributed by atoms with van der Waals surface area (Å²) in [6, 6.07) is 18.6. The molecule has 5 rings (SSSR count). The fourth-order valence-corrected chi connectivity index (χ4v) is 4.69. The van der Waals surface area contributed by atoms with Crippen molar-refractivity contribution < 1.29 is 13.9 Å². The number of nitrogens with zero attached hydrogens (tertiary/aromatic N) is 4. The summed E-state index contributed by atoms with van der Waals surface area (Å²) in [5.74, 6) is -1.30. The van der Waals surface area contributed by atoms with Gasteiger partial charge in [0.05, 0.1) is 53.1 Å². The molecular formula is C28H22FN5O3. The predicted molar refractivity (Wildman–Crippen MR) is 137 cm³/mol. The number of nitriles is 1. The van der Waals surface area contributed by atoms with Crippen LogP contribution in [0.1, 0.15) is 22.6 Å². The van der Waals surface area contributed by atoms with Crippen molar-refractivity contribution >= 4 is 27.8 Å². The van der Waals surface area contributed by atoms with Crippen LogP contribution in [0.3, 0.4) is 0 Å². The lowest BCUT2D eigenvalue weighted by Gasteiger charge is -2.17. The predicted octanol–water partition coefficient (Wildman–Crippen LogP) is 3.71. The second kappa shape index (κ2) is 9.24. The van der Waals surface area contributed by atoms with Crippen LogP contribution >= 0.6 is 0 Å². The van der Waals surface area contributed by atoms with Crippen LogP contribution in [0.5, 0.6) is 5.75 Å². The molecule has 0 fully saturated rings. The van der Waals surface area contributed by atoms with Crippen molar-refractivity contribution in [2.45, 2.75) is 12.3 Å². The SMILES string of the molecule is COc1cc2ncc3c(c2cc1CC(C(N)=O)c1ccccc1)n(-c1ccc(C#N)cc1F)c(=O)n3C. The van der Waals surface area contributed by atoms with Crippen molar-refractivity contribution in [1.29, 1.82) is 5.26 Å². The van der Waals surface area contributed by atoms with Crippen LogP contribution < -0.4 is 16.2 Å². The van der Waals surface area contributed by atoms with Gasteiger partial charge in [0.1, 0.15) is 11.6 Å². The summed E-state index contributed by atoms with van der Waals surface area (Å²) in [7, 11) is 3.11. The minimum Gasteiger partial charge on any atom is -0.496 e. The number of halogens is 1. The summed E-state index contributed by atoms with van der Waals surface area (Å²) < 4.78 is 23.4. The number of carbonyl (C=O) groups is 1. The highest BCUT2D eigenvalue weighted by Crippen LogP contribution is 2.34. The number of benzene rings is 3. The lowest BCUT2D eigenvalue weighted by atomic mass is 9.90. The molecule has 5 aromatic rings. The maximum Gasteiger partial charge on any atom is 0.333 e. The molecule has 9 heteroatoms. The minimum atomic E-state index is -0.704. The zero-order valence-electron chi connectivity index (χ0n) is 20.1. The van der Waals surface area contributed by atoms with Gasteiger partial charge in [-0.25, -0.2) is 9.18 Å². The minimum absolute atomic E-state index is 0.0127. The third-order valence-electron chi connectivity index (χ3n) is 6.57. The average molecular weight is 496 g/mol. The molecule has 0 aliphatic heterocycles. The molecule has 1 atom stereocenters. The summed E-state index contributed by atoms with van der Waals surface area (Å²) in [6.07, 6.45) is 1.80. The molecule has 2 heterocycles. The van der Waals surface area contributed by atoms with Crippen LogP contribution in [-0.2, 0) is 18.3 Å². The summed E-state index contributed by atoms with van der Waals surface area (Å²) in [5, 5.41) is 9.70. The van der Waals surface area contributed by atoms with Crippen molar-refractivity contribution in [3.8, 4) is 17.5 Å². The molecule has 0 saturated carbocycles. The number of fused-ring (bicyclic) bond motifs is 3. The quantitative estimate of drug-likeness (QED) is 0.386. The second-order valence-corrected chi connectivity index (χ2v) is 8.70. The van der Waals surface area contributed by atoms with E-state index in [1.807, 2.05) is 36.4 Å². The van der Waals surface area contributed by atoms with Crippen LogP contribution in [0, 0.1) is 17.1 Å². The van der Waals surface area contributed by atoms with E-state index in [-0.39, 0.29) is 17.7 Å². The van der Waals surface area contributed by atoms with Gasteiger partial charge in [-0.3, -0.25) is 18.9 Å². The second-order valence-electron chi connectivity index (χ2n) is 8.70. The Bertz CT molecular complexity index is 1780. The molecule has 2 aromatic heterocycles. The number of hydrogen-bond donors (Lipinski definition) is 1. The summed E-state index contributed by atoms with van der Waals surface area (Å²) >= 11 is 0. The number of imidazole rings is 1. The highest BCUT2D eigenvalue weighted by atomic mass is 19.1. The Balaban J connectivity index is 1.78. The number of carbonyl (C=O) groups excluding carboxylic acids is 1. The summed E-state index contributed by atoms with van der Waals surface area (Å²) in [5.41, 5.74) is 8.37. The standard InChI is InChI=1S/C28H22FN5O3/c1-33-24-15-32-22-13-25(37-2)18(11-19(27(31)35)17-6-4-3-5-7-17)12-20(22)26(24)34(28(33)36)23-9-8-16(14-30)10-21(23)29/h3-10,12-13,15,19H,11H2,1-2H3,(H2,31,35). The van der Waals surface area contributed by atoms with E-state index in [2.05, 4.69) is 4.98 Å². The Morgan fingerprint density at radius 2 is 1.95 bits per heavy atom. The average Bonchev–Trinajstić information content (AvgIpc) is 3.16. The van der Waals surface area contributed by atoms with Crippen LogP contribution in [-0.4, -0.2) is 27.1 Å². The number of amides is 1. The Labute approximate surface area is 211 Å². The number of pyridine rings is 1. The third-order valence-corrected chi connectivity index (χ3v) is 6.57. The van der Waals surface area contributed by atoms with Gasteiger partial charge in [0, 0.05) is 18.5 Å². The maximum absolute atomic E-state index is 15.1. The van der Waals surface area contributed by atoms with Crippen molar-refractivity contribution in [3.63, 3.8) is 0 Å². The van der Waals surface area contributed by atoms with Gasteiger partial charge in [-0.2, -0.15) is 5.26 Å². The van der Waals surface area contributed by atoms with E-state index in [1.165, 1.54) is 28.4 Å². The van der Waals surface area contributed by atoms with Crippen molar-refractivity contribution in [3.05, 3.63) is 99.9 Å². The van der Waals surface area contributed by atoms with E-state index >= 15 is 4.39 Å². The third kappa shape index (κ3) is 3.98. The maximum atomic E-state index is 15.1. The molecular weight excluding hydrogens is 473 g/mol. The topological polar surface area (TPSA) is 116 Å². The number of ether oxygens (including phenoxy) is 1. The summed E-state index contributed by atoms with van der Waals surface area (Å²) in [4.78, 5) is 30.2. The monoisotopic (exact) mass is 495 g/mol. The van der Waals surface area contributed by atoms with E-state index in [9.17, 15) is 9.59 Å². The Kier molecular flexibility index (Phi) is 5.93. The molecule has 184 valence electrons. The zero-order valence-corrected chi connectivity index (χ0v) is 20.1. The zero-order chi connectivity index (χ0) is 26.3. The van der Waals surface area contributed by atoms with Crippen molar-refractivity contribution in [2.75, 3.05) is 7.11 Å². The fraction of sp³-hybridized carbons (Fsp3) is 0.143. The van der Waals surface area contributed by atoms with Gasteiger partial charge in [-0.1, -0.05) is 30.3 Å². The van der Waals surface area contributed by atoms with Gasteiger partial charge >= 0.3 is 5.69 Å². The first-order valence-electron chi connectivity index (χ1n) is 11.5. The van der Waals surface area contributed by atoms with E-state index in [1.54, 1.807) is 25.4 Å². The van der Waals surface area contributed by atoms with Gasteiger partial charge in [0.15, 0.2) is 0 Å². The first-order chi connectivity index (χ1) is 17.8. The number of primary amides is 1. The van der Waals surface area contributed by atoms with Crippen molar-refractivity contribution in [1.82, 2.24) is 14.1 Å². The smallest absolute Gasteiger partial charge is 0.333 e. The molecule has 2 N–H and O–H groups in total. The molecule has 8 nitrogen and oxygen atoms in total. The van der Waals surface area contributed by atoms with Crippen LogP contribution in [0.15, 0.2) is 71.7 Å². The first-order valence-corrected chi connectivity index (χ1v) is 11.5. The normalized spacial score (nSPS) is 11.9. The van der Waals surface area contributed by atoms with E-state index in [4.69, 9.17) is 15.7 Å². The van der Waals surface area contributed by atoms with Crippen molar-refractivity contribution in [2.24, 2.45) is 12.8 Å². The molecule has 0 aliphatic rings. The number of hydrogen-bond acceptors (Lipinski definition) is 5. The van der Waals surface area contributed by atoms with E-state index in [0.29, 0.717) is 33.2 Å². The van der Waals surface area contributed by atoms with Gasteiger partial charge in [0.25, 0.3) is 0 Å². The lowest BCUT2D eigenvalue weighted by Crippen LogP contribution is -2.23. The van der Waals surface area contributed by atoms with E-state index in [0.717, 1.165) is 11.6 Å². The van der Waals surface area contributed by atoms with E-state index < -0.39 is 23.3 Å². The molecule has 0 radical (unpaired) electrons. The number of aromatic nitrogens is 3. The molecule has 37 heavy (non-hydrogen) atoms. The molecule has 1 amide bonds. The first kappa shape index (κ1) is 23.8. The fourth-order valence-electron chi connectivity index (χ4n) is 4.69. The molecule has 0 spiro atoms. The van der Waals surface area contributed by atoms with Gasteiger partial charge in [-0.05, 0) is 41.8 Å². The van der Waals surface area contributed by atoms with Crippen LogP contribution in [0.25, 0.3) is 27.6 Å². The molecule has 0 aliphatic carbocycles. The van der Waals surface area contributed by atoms with Gasteiger partial charge < -0.3 is 10.5 Å². The molecule has 0 bridgehead atoms. The number of rotatable bonds is 6. The highest BCUT2D eigenvalue weighted by Gasteiger charge is 2.23. The van der Waals surface area contributed by atoms with Gasteiger partial charge in [0.2, 0.25) is 5.91 Å². The largest absolute Gasteiger partial charge is 0.496 e. The van der Waals surface area contributed by atoms with Gasteiger partial charge in [-0.15, -0.1) is 0 Å². The number of aryl methyl sites for hydroxylation is 1. The van der Waals surface area contributed by atoms with Crippen LogP contribution in [0.2, 0.25) is 0 Å². The lowest BCUT2D eigenvalue weighted by molar-refractivity contribution is -0.119. The summed E-state index contributed by atoms with van der Waals surface area (Å²) in [6.45, 7) is 0. The Morgan fingerprint density at radius 3 is 2.59 bits per heavy atom. The number of methoxy groups -OCH3 is 1. The Morgan fingerprint density at radius 1 is 1.19 bits per heavy atom. The molecule has 3 aromatic carbocycles. The highest BCUT2D eigenvalue weighted by molar-refractivity contribution is 6.04. The van der Waals surface area contributed by atoms with Crippen LogP contribution in [0.4, 0.5) is 4.39 Å². The number of nitrogens with two attached hydrogens (primary N) is 1.